The molecule has 0 aromatic heterocycles. The summed E-state index contributed by atoms with van der Waals surface area (Å²) in [6, 6.07) is 1.95. The van der Waals surface area contributed by atoms with Crippen molar-refractivity contribution in [1.29, 1.82) is 5.26 Å². The van der Waals surface area contributed by atoms with Crippen LogP contribution >= 0.6 is 0 Å². The van der Waals surface area contributed by atoms with Gasteiger partial charge in [0.1, 0.15) is 0 Å². The van der Waals surface area contributed by atoms with Crippen molar-refractivity contribution < 1.29 is 9.47 Å². The summed E-state index contributed by atoms with van der Waals surface area (Å²) in [6.07, 6.45) is 0. The maximum Gasteiger partial charge on any atom is 0.151 e. The highest BCUT2D eigenvalue weighted by atomic mass is 16.5. The van der Waals surface area contributed by atoms with Crippen molar-refractivity contribution >= 4 is 0 Å². The van der Waals surface area contributed by atoms with Crippen molar-refractivity contribution in [3.05, 3.63) is 0 Å². The van der Waals surface area contributed by atoms with Gasteiger partial charge in [-0.2, -0.15) is 5.26 Å². The molecule has 1 saturated heterocycles. The number of nitrogens with two attached hydrogens (primary N) is 1. The normalized spacial score (nSPS) is 24.8. The van der Waals surface area contributed by atoms with Gasteiger partial charge in [0, 0.05) is 0 Å². The Bertz CT molecular complexity index is 144. The second-order valence-corrected chi connectivity index (χ2v) is 2.37. The molecule has 0 radical (unpaired) electrons. The van der Waals surface area contributed by atoms with Crippen molar-refractivity contribution in [1.82, 2.24) is 0 Å². The summed E-state index contributed by atoms with van der Waals surface area (Å²) in [6.45, 7) is 1.59. The second kappa shape index (κ2) is 2.97. The second-order valence-electron chi connectivity index (χ2n) is 2.37. The minimum Gasteiger partial charge on any atom is -0.376 e. The predicted molar refractivity (Wildman–Crippen MR) is 34.2 cm³/mol. The Morgan fingerprint density at radius 1 is 1.30 bits per heavy atom. The van der Waals surface area contributed by atoms with E-state index in [4.69, 9.17) is 20.5 Å². The zero-order valence-electron chi connectivity index (χ0n) is 5.67. The molecular formula is C6H10N2O2. The Kier molecular flexibility index (Phi) is 2.22. The Morgan fingerprint density at radius 2 is 1.80 bits per heavy atom. The van der Waals surface area contributed by atoms with Gasteiger partial charge in [0.05, 0.1) is 32.5 Å². The average Bonchev–Trinajstić information content (AvgIpc) is 2.15. The zero-order valence-corrected chi connectivity index (χ0v) is 5.67. The van der Waals surface area contributed by atoms with Crippen molar-refractivity contribution in [3.63, 3.8) is 0 Å². The molecule has 0 spiro atoms. The number of hydrogen-bond acceptors (Lipinski definition) is 4. The lowest BCUT2D eigenvalue weighted by atomic mass is 10.1. The number of hydrogen-bond donors (Lipinski definition) is 1. The summed E-state index contributed by atoms with van der Waals surface area (Å²) < 4.78 is 10.1. The number of ether oxygens (including phenoxy) is 2. The molecule has 1 heterocycles. The van der Waals surface area contributed by atoms with Crippen molar-refractivity contribution in [3.8, 4) is 6.07 Å². The maximum atomic E-state index is 8.54. The summed E-state index contributed by atoms with van der Waals surface area (Å²) in [5.74, 6) is 0. The van der Waals surface area contributed by atoms with E-state index in [9.17, 15) is 0 Å². The molecule has 0 aromatic carbocycles. The summed E-state index contributed by atoms with van der Waals surface area (Å²) in [5.41, 5.74) is 4.61. The third-order valence-electron chi connectivity index (χ3n) is 1.31. The van der Waals surface area contributed by atoms with Crippen LogP contribution in [-0.2, 0) is 9.47 Å². The van der Waals surface area contributed by atoms with Crippen LogP contribution in [-0.4, -0.2) is 32.0 Å². The van der Waals surface area contributed by atoms with Crippen molar-refractivity contribution in [2.45, 2.75) is 5.54 Å². The van der Waals surface area contributed by atoms with Gasteiger partial charge in [-0.05, 0) is 0 Å². The predicted octanol–water partition coefficient (Wildman–Crippen LogP) is -0.746. The van der Waals surface area contributed by atoms with Gasteiger partial charge in [0.15, 0.2) is 5.54 Å². The van der Waals surface area contributed by atoms with Crippen LogP contribution in [0.2, 0.25) is 0 Å². The largest absolute Gasteiger partial charge is 0.376 e. The number of rotatable bonds is 0. The molecule has 4 nitrogen and oxygen atoms in total. The van der Waals surface area contributed by atoms with Crippen LogP contribution < -0.4 is 5.73 Å². The van der Waals surface area contributed by atoms with Crippen LogP contribution in [0.5, 0.6) is 0 Å². The van der Waals surface area contributed by atoms with E-state index in [0.29, 0.717) is 13.2 Å². The SMILES string of the molecule is N#CC1(N)COCCOC1. The molecule has 0 saturated carbocycles. The first kappa shape index (κ1) is 7.48. The molecule has 0 aliphatic carbocycles. The Hall–Kier alpha value is -0.630. The fourth-order valence-electron chi connectivity index (χ4n) is 0.733. The van der Waals surface area contributed by atoms with Gasteiger partial charge >= 0.3 is 0 Å². The average molecular weight is 142 g/mol. The first-order chi connectivity index (χ1) is 4.77. The van der Waals surface area contributed by atoms with Gasteiger partial charge < -0.3 is 15.2 Å². The van der Waals surface area contributed by atoms with E-state index in [0.717, 1.165) is 0 Å². The molecule has 0 bridgehead atoms. The minimum absolute atomic E-state index is 0.267. The highest BCUT2D eigenvalue weighted by Crippen LogP contribution is 2.04. The van der Waals surface area contributed by atoms with Crippen LogP contribution in [0.15, 0.2) is 0 Å². The molecule has 56 valence electrons. The fourth-order valence-corrected chi connectivity index (χ4v) is 0.733. The summed E-state index contributed by atoms with van der Waals surface area (Å²) in [7, 11) is 0. The third-order valence-corrected chi connectivity index (χ3v) is 1.31. The van der Waals surface area contributed by atoms with Crippen LogP contribution in [0, 0.1) is 11.3 Å². The lowest BCUT2D eigenvalue weighted by Gasteiger charge is -2.16. The molecule has 10 heavy (non-hydrogen) atoms. The first-order valence-corrected chi connectivity index (χ1v) is 3.12. The maximum absolute atomic E-state index is 8.54. The van der Waals surface area contributed by atoms with Crippen molar-refractivity contribution in [2.24, 2.45) is 5.73 Å². The molecule has 1 aliphatic heterocycles. The number of nitrogens with zero attached hydrogens (tertiary/aromatic N) is 1. The molecule has 2 N–H and O–H groups in total. The van der Waals surface area contributed by atoms with Gasteiger partial charge in [0.2, 0.25) is 0 Å². The van der Waals surface area contributed by atoms with Gasteiger partial charge in [-0.1, -0.05) is 0 Å². The monoisotopic (exact) mass is 142 g/mol. The van der Waals surface area contributed by atoms with Crippen LogP contribution in [0.25, 0.3) is 0 Å². The van der Waals surface area contributed by atoms with E-state index < -0.39 is 5.54 Å². The zero-order chi connectivity index (χ0) is 7.45. The van der Waals surface area contributed by atoms with E-state index in [-0.39, 0.29) is 13.2 Å². The van der Waals surface area contributed by atoms with E-state index in [2.05, 4.69) is 0 Å². The Labute approximate surface area is 59.5 Å². The van der Waals surface area contributed by atoms with Gasteiger partial charge in [0.25, 0.3) is 0 Å². The van der Waals surface area contributed by atoms with Gasteiger partial charge in [-0.15, -0.1) is 0 Å². The van der Waals surface area contributed by atoms with Crippen LogP contribution in [0.4, 0.5) is 0 Å². The molecule has 1 rings (SSSR count). The molecular weight excluding hydrogens is 132 g/mol. The molecule has 0 unspecified atom stereocenters. The summed E-state index contributed by atoms with van der Waals surface area (Å²) >= 11 is 0. The lowest BCUT2D eigenvalue weighted by molar-refractivity contribution is 0.103. The lowest BCUT2D eigenvalue weighted by Crippen LogP contribution is -2.46. The summed E-state index contributed by atoms with van der Waals surface area (Å²) in [4.78, 5) is 0. The highest BCUT2D eigenvalue weighted by Gasteiger charge is 2.27. The Balaban J connectivity index is 2.51. The molecule has 0 aromatic rings. The topological polar surface area (TPSA) is 68.3 Å². The standard InChI is InChI=1S/C6H10N2O2/c7-3-6(8)4-9-1-2-10-5-6/h1-2,4-5,8H2. The smallest absolute Gasteiger partial charge is 0.151 e. The minimum atomic E-state index is -0.934. The van der Waals surface area contributed by atoms with E-state index in [1.54, 1.807) is 0 Å². The van der Waals surface area contributed by atoms with Gasteiger partial charge in [-0.25, -0.2) is 0 Å². The molecule has 1 fully saturated rings. The van der Waals surface area contributed by atoms with Crippen molar-refractivity contribution in [2.75, 3.05) is 26.4 Å². The molecule has 1 aliphatic rings. The molecule has 0 amide bonds. The van der Waals surface area contributed by atoms with Gasteiger partial charge in [-0.3, -0.25) is 0 Å². The summed E-state index contributed by atoms with van der Waals surface area (Å²) in [5, 5.41) is 8.54. The highest BCUT2D eigenvalue weighted by molar-refractivity contribution is 5.05. The first-order valence-electron chi connectivity index (χ1n) is 3.12. The quantitative estimate of drug-likeness (QED) is 0.483. The Morgan fingerprint density at radius 3 is 2.20 bits per heavy atom. The number of nitriles is 1. The van der Waals surface area contributed by atoms with Crippen LogP contribution in [0.1, 0.15) is 0 Å². The third kappa shape index (κ3) is 1.67. The van der Waals surface area contributed by atoms with E-state index in [1.807, 2.05) is 6.07 Å². The molecule has 4 heteroatoms. The van der Waals surface area contributed by atoms with Crippen LogP contribution in [0.3, 0.4) is 0 Å². The van der Waals surface area contributed by atoms with E-state index in [1.165, 1.54) is 0 Å². The van der Waals surface area contributed by atoms with E-state index >= 15 is 0 Å². The molecule has 0 atom stereocenters. The fraction of sp³-hybridized carbons (Fsp3) is 0.833.